The van der Waals surface area contributed by atoms with Gasteiger partial charge < -0.3 is 53.4 Å². The maximum absolute atomic E-state index is 15.6. The number of hydrogen-bond donors (Lipinski definition) is 3. The zero-order valence-electron chi connectivity index (χ0n) is 43.1. The minimum absolute atomic E-state index is 0.0404. The zero-order chi connectivity index (χ0) is 53.8. The number of esters is 4. The van der Waals surface area contributed by atoms with Crippen LogP contribution in [-0.2, 0) is 54.1 Å². The number of benzene rings is 2. The van der Waals surface area contributed by atoms with Gasteiger partial charge in [-0.2, -0.15) is 0 Å². The molecule has 3 fully saturated rings. The Labute approximate surface area is 432 Å². The van der Waals surface area contributed by atoms with E-state index in [4.69, 9.17) is 37.9 Å². The Morgan fingerprint density at radius 1 is 0.878 bits per heavy atom. The van der Waals surface area contributed by atoms with Gasteiger partial charge in [-0.1, -0.05) is 38.1 Å². The number of thioether (sulfide) groups is 1. The van der Waals surface area contributed by atoms with Crippen molar-refractivity contribution in [2.24, 2.45) is 16.7 Å². The number of carbonyl (C=O) groups is 6. The first kappa shape index (κ1) is 54.0. The van der Waals surface area contributed by atoms with E-state index in [0.717, 1.165) is 19.4 Å². The summed E-state index contributed by atoms with van der Waals surface area (Å²) in [5.74, 6) is -5.20. The molecule has 396 valence electrons. The third-order valence-corrected chi connectivity index (χ3v) is 16.8. The van der Waals surface area contributed by atoms with Crippen LogP contribution in [0.4, 0.5) is 0 Å². The first-order valence-electron chi connectivity index (χ1n) is 24.5. The summed E-state index contributed by atoms with van der Waals surface area (Å²) in [4.78, 5) is 98.3. The molecule has 74 heavy (non-hydrogen) atoms. The van der Waals surface area contributed by atoms with Crippen molar-refractivity contribution in [3.05, 3.63) is 92.7 Å². The van der Waals surface area contributed by atoms with Crippen molar-refractivity contribution in [1.82, 2.24) is 5.32 Å². The lowest BCUT2D eigenvalue weighted by Crippen LogP contribution is -2.82. The fourth-order valence-corrected chi connectivity index (χ4v) is 12.8. The molecule has 0 unspecified atom stereocenters. The Balaban J connectivity index is 1.15. The van der Waals surface area contributed by atoms with Crippen molar-refractivity contribution in [2.45, 2.75) is 133 Å². The molecule has 1 aliphatic heterocycles. The first-order chi connectivity index (χ1) is 35.0. The second-order valence-electron chi connectivity index (χ2n) is 20.4. The number of fused-ring (bicyclic) bond motifs is 8. The predicted molar refractivity (Wildman–Crippen MR) is 267 cm³/mol. The number of Topliss-reactive ketones (excluding diaryl/α,β-unsaturated/α-hetero) is 1. The molecule has 4 aliphatic carbocycles. The second kappa shape index (κ2) is 20.4. The highest BCUT2D eigenvalue weighted by molar-refractivity contribution is 7.98. The molecule has 10 atom stereocenters. The maximum Gasteiger partial charge on any atom is 0.338 e. The molecule has 0 radical (unpaired) electrons. The van der Waals surface area contributed by atoms with E-state index in [1.54, 1.807) is 51.3 Å². The second-order valence-corrected chi connectivity index (χ2v) is 21.2. The molecule has 18 nitrogen and oxygen atoms in total. The normalized spacial score (nSPS) is 29.4. The molecule has 3 N–H and O–H groups in total. The van der Waals surface area contributed by atoms with Gasteiger partial charge in [-0.3, -0.25) is 28.8 Å². The van der Waals surface area contributed by atoms with E-state index in [1.165, 1.54) is 58.2 Å². The van der Waals surface area contributed by atoms with Crippen LogP contribution in [-0.4, -0.2) is 122 Å². The highest BCUT2D eigenvalue weighted by Crippen LogP contribution is 2.64. The number of ether oxygens (including phenoxy) is 8. The van der Waals surface area contributed by atoms with Crippen LogP contribution in [0.15, 0.2) is 75.4 Å². The quantitative estimate of drug-likeness (QED) is 0.0821. The smallest absolute Gasteiger partial charge is 0.338 e. The lowest BCUT2D eigenvalue weighted by Gasteiger charge is -2.67. The molecular weight excluding hydrogens is 979 g/mol. The van der Waals surface area contributed by atoms with Crippen molar-refractivity contribution in [3.8, 4) is 28.4 Å². The van der Waals surface area contributed by atoms with Crippen LogP contribution in [0.2, 0.25) is 0 Å². The Morgan fingerprint density at radius 2 is 1.58 bits per heavy atom. The molecule has 8 rings (SSSR count). The van der Waals surface area contributed by atoms with Crippen LogP contribution in [0.3, 0.4) is 0 Å². The van der Waals surface area contributed by atoms with Crippen LogP contribution in [0, 0.1) is 16.7 Å². The average Bonchev–Trinajstić information content (AvgIpc) is 3.60. The molecule has 5 aliphatic rings. The van der Waals surface area contributed by atoms with Gasteiger partial charge in [-0.25, -0.2) is 4.79 Å². The van der Waals surface area contributed by atoms with E-state index in [-0.39, 0.29) is 41.6 Å². The number of aliphatic hydroxyl groups is 2. The van der Waals surface area contributed by atoms with E-state index in [2.05, 4.69) is 5.32 Å². The standard InChI is InChI=1S/C55H63NO17S/c1-27-37(71-42(62)21-20-41(61)56-34-18-16-31-22-36(66-7)45(67-8)46(68-9)43(31)32-17-19-38(74-10)35(59)23-33(32)34)25-55(65)50(72-51(64)30-14-12-11-13-15-30)48-53(6,39(60)24-40-54(48,26-69-40)73-29(3)58)49(63)47(70-28(2)57)44(27)52(55,4)5/h11-15,17,19,22-23,34,37,39-40,47-48,50,60,65H,16,18,20-21,24-26H2,1-10H3,(H,56,61)/t34-,37-,39-,40+,47+,48-,50-,53+,54-,55+/m0/s1. The third-order valence-electron chi connectivity index (χ3n) is 16.1. The summed E-state index contributed by atoms with van der Waals surface area (Å²) in [7, 11) is 4.51. The van der Waals surface area contributed by atoms with Crippen LogP contribution in [0.1, 0.15) is 101 Å². The molecule has 1 heterocycles. The van der Waals surface area contributed by atoms with Crippen molar-refractivity contribution >= 4 is 47.3 Å². The number of amides is 1. The minimum atomic E-state index is -2.35. The average molecular weight is 1040 g/mol. The topological polar surface area (TPSA) is 246 Å². The number of nitrogens with one attached hydrogen (secondary N) is 1. The van der Waals surface area contributed by atoms with E-state index in [0.29, 0.717) is 51.7 Å². The molecule has 2 bridgehead atoms. The fourth-order valence-electron chi connectivity index (χ4n) is 12.3. The molecule has 1 amide bonds. The molecule has 3 aromatic rings. The summed E-state index contributed by atoms with van der Waals surface area (Å²) in [5, 5.41) is 28.9. The van der Waals surface area contributed by atoms with Gasteiger partial charge in [0, 0.05) is 44.1 Å². The van der Waals surface area contributed by atoms with Gasteiger partial charge in [0.2, 0.25) is 11.7 Å². The molecule has 19 heteroatoms. The number of carbonyl (C=O) groups excluding carboxylic acids is 6. The number of ketones is 1. The van der Waals surface area contributed by atoms with Crippen molar-refractivity contribution in [3.63, 3.8) is 0 Å². The monoisotopic (exact) mass is 1040 g/mol. The summed E-state index contributed by atoms with van der Waals surface area (Å²) in [5.41, 5.74) is -5.07. The Kier molecular flexibility index (Phi) is 14.9. The van der Waals surface area contributed by atoms with Crippen LogP contribution >= 0.6 is 11.8 Å². The van der Waals surface area contributed by atoms with E-state index >= 15 is 4.79 Å². The number of aryl methyl sites for hydroxylation is 1. The molecule has 3 aromatic carbocycles. The van der Waals surface area contributed by atoms with Crippen molar-refractivity contribution in [2.75, 3.05) is 34.2 Å². The summed E-state index contributed by atoms with van der Waals surface area (Å²) >= 11 is 1.28. The van der Waals surface area contributed by atoms with Crippen LogP contribution in [0.5, 0.6) is 17.2 Å². The summed E-state index contributed by atoms with van der Waals surface area (Å²) < 4.78 is 47.8. The highest BCUT2D eigenvalue weighted by Gasteiger charge is 2.78. The van der Waals surface area contributed by atoms with Gasteiger partial charge >= 0.3 is 23.9 Å². The van der Waals surface area contributed by atoms with Crippen LogP contribution < -0.4 is 25.0 Å². The molecule has 2 saturated carbocycles. The first-order valence-corrected chi connectivity index (χ1v) is 25.7. The summed E-state index contributed by atoms with van der Waals surface area (Å²) in [6.45, 7) is 8.11. The van der Waals surface area contributed by atoms with E-state index in [1.807, 2.05) is 12.1 Å². The number of aliphatic hydroxyl groups excluding tert-OH is 1. The fraction of sp³-hybridized carbons (Fsp3) is 0.509. The summed E-state index contributed by atoms with van der Waals surface area (Å²) in [6, 6.07) is 14.1. The predicted octanol–water partition coefficient (Wildman–Crippen LogP) is 5.56. The third kappa shape index (κ3) is 8.92. The number of methoxy groups -OCH3 is 3. The Morgan fingerprint density at radius 3 is 2.19 bits per heavy atom. The Hall–Kier alpha value is -6.28. The SMILES string of the molecule is COc1cc2c(c(OC)c1OC)-c1ccc(SC)c(=O)cc1[C@@H](NC(=O)CCC(=O)O[C@H]1C[C@@]3(O)[C@@H](OC(=O)c4ccccc4)[C@@H]4[C@]5(OC(C)=O)CO[C@@H]5C[C@H](O)[C@@]4(C)C(=O)[C@H](OC(C)=O)C(=C1C)C3(C)C)CC2. The molecule has 0 aromatic heterocycles. The number of hydrogen-bond acceptors (Lipinski definition) is 18. The number of rotatable bonds is 13. The van der Waals surface area contributed by atoms with Crippen LogP contribution in [0.25, 0.3) is 11.1 Å². The van der Waals surface area contributed by atoms with Gasteiger partial charge in [0.15, 0.2) is 34.4 Å². The van der Waals surface area contributed by atoms with Gasteiger partial charge in [-0.15, -0.1) is 11.8 Å². The molecule has 1 saturated heterocycles. The highest BCUT2D eigenvalue weighted by atomic mass is 32.2. The van der Waals surface area contributed by atoms with Crippen molar-refractivity contribution < 1.29 is 76.9 Å². The lowest BCUT2D eigenvalue weighted by molar-refractivity contribution is -0.346. The lowest BCUT2D eigenvalue weighted by atomic mass is 9.44. The molecule has 0 spiro atoms. The van der Waals surface area contributed by atoms with Gasteiger partial charge in [0.05, 0.1) is 68.3 Å². The van der Waals surface area contributed by atoms with Gasteiger partial charge in [-0.05, 0) is 91.1 Å². The van der Waals surface area contributed by atoms with E-state index < -0.39 is 113 Å². The zero-order valence-corrected chi connectivity index (χ0v) is 43.9. The minimum Gasteiger partial charge on any atom is -0.493 e. The molecular formula is C55H63NO17S. The summed E-state index contributed by atoms with van der Waals surface area (Å²) in [6.07, 6.45) is -6.53. The Bertz CT molecular complexity index is 2880. The van der Waals surface area contributed by atoms with Crippen molar-refractivity contribution in [1.29, 1.82) is 0 Å². The largest absolute Gasteiger partial charge is 0.493 e. The maximum atomic E-state index is 15.6. The van der Waals surface area contributed by atoms with Gasteiger partial charge in [0.1, 0.15) is 23.9 Å². The van der Waals surface area contributed by atoms with Gasteiger partial charge in [0.25, 0.3) is 0 Å². The van der Waals surface area contributed by atoms with E-state index in [9.17, 15) is 39.0 Å².